The second-order valence-corrected chi connectivity index (χ2v) is 6.52. The van der Waals surface area contributed by atoms with Crippen molar-refractivity contribution in [3.05, 3.63) is 66.5 Å². The zero-order valence-electron chi connectivity index (χ0n) is 15.5. The Hall–Kier alpha value is -1.93. The number of benzene rings is 2. The molecule has 2 N–H and O–H groups in total. The van der Waals surface area contributed by atoms with Gasteiger partial charge in [-0.3, -0.25) is 4.79 Å². The molecular formula is C21H26IN3O2. The van der Waals surface area contributed by atoms with E-state index < -0.39 is 0 Å². The molecule has 1 atom stereocenters. The maximum Gasteiger partial charge on any atom is 0.245 e. The molecule has 0 unspecified atom stereocenters. The van der Waals surface area contributed by atoms with E-state index in [-0.39, 0.29) is 42.5 Å². The molecule has 3 aromatic rings. The number of amides is 1. The van der Waals surface area contributed by atoms with Crippen LogP contribution in [0.15, 0.2) is 60.9 Å². The molecule has 144 valence electrons. The third kappa shape index (κ3) is 5.52. The van der Waals surface area contributed by atoms with E-state index in [0.717, 1.165) is 24.0 Å². The lowest BCUT2D eigenvalue weighted by Gasteiger charge is -2.13. The number of carbonyl (C=O) groups excluding carboxylic acids is 1. The van der Waals surface area contributed by atoms with Gasteiger partial charge in [0.2, 0.25) is 12.2 Å². The maximum absolute atomic E-state index is 12.1. The fourth-order valence-corrected chi connectivity index (χ4v) is 3.13. The number of imidazole rings is 1. The second kappa shape index (κ2) is 10.4. The van der Waals surface area contributed by atoms with Crippen molar-refractivity contribution in [2.24, 2.45) is 0 Å². The van der Waals surface area contributed by atoms with Crippen LogP contribution in [-0.4, -0.2) is 28.2 Å². The van der Waals surface area contributed by atoms with Crippen LogP contribution in [0.2, 0.25) is 0 Å². The number of aliphatic hydroxyl groups is 1. The number of halogens is 1. The molecule has 0 aliphatic carbocycles. The highest BCUT2D eigenvalue weighted by atomic mass is 127. The predicted octanol–water partition coefficient (Wildman–Crippen LogP) is -0.742. The molecule has 1 amide bonds. The monoisotopic (exact) mass is 479 g/mol. The topological polar surface area (TPSA) is 58.1 Å². The highest BCUT2D eigenvalue weighted by Crippen LogP contribution is 2.12. The van der Waals surface area contributed by atoms with Gasteiger partial charge in [0.1, 0.15) is 6.54 Å². The van der Waals surface area contributed by atoms with Crippen LogP contribution < -0.4 is 33.9 Å². The van der Waals surface area contributed by atoms with Gasteiger partial charge in [-0.15, -0.1) is 0 Å². The minimum absolute atomic E-state index is 0. The predicted molar refractivity (Wildman–Crippen MR) is 102 cm³/mol. The number of nitrogens with zero attached hydrogens (tertiary/aromatic N) is 2. The van der Waals surface area contributed by atoms with E-state index in [1.165, 1.54) is 5.56 Å². The van der Waals surface area contributed by atoms with Crippen LogP contribution in [0.5, 0.6) is 0 Å². The number of fused-ring (bicyclic) bond motifs is 1. The first-order valence-electron chi connectivity index (χ1n) is 9.12. The molecule has 6 heteroatoms. The van der Waals surface area contributed by atoms with Crippen molar-refractivity contribution < 1.29 is 38.4 Å². The van der Waals surface area contributed by atoms with Crippen LogP contribution >= 0.6 is 0 Å². The van der Waals surface area contributed by atoms with Crippen LogP contribution in [0.3, 0.4) is 0 Å². The fourth-order valence-electron chi connectivity index (χ4n) is 3.13. The first kappa shape index (κ1) is 21.4. The minimum Gasteiger partial charge on any atom is -1.00 e. The van der Waals surface area contributed by atoms with Gasteiger partial charge >= 0.3 is 0 Å². The molecule has 0 bridgehead atoms. The molecule has 0 radical (unpaired) electrons. The van der Waals surface area contributed by atoms with Gasteiger partial charge in [0.15, 0.2) is 11.0 Å². The first-order chi connectivity index (χ1) is 12.7. The van der Waals surface area contributed by atoms with Crippen LogP contribution in [0.25, 0.3) is 11.0 Å². The number of rotatable bonds is 8. The smallest absolute Gasteiger partial charge is 0.245 e. The van der Waals surface area contributed by atoms with Crippen LogP contribution in [0.4, 0.5) is 0 Å². The van der Waals surface area contributed by atoms with Crippen LogP contribution in [-0.2, 0) is 17.9 Å². The van der Waals surface area contributed by atoms with E-state index in [4.69, 9.17) is 0 Å². The number of hydrogen-bond acceptors (Lipinski definition) is 2. The van der Waals surface area contributed by atoms with Gasteiger partial charge < -0.3 is 34.4 Å². The van der Waals surface area contributed by atoms with Gasteiger partial charge in [0.25, 0.3) is 0 Å². The Morgan fingerprint density at radius 3 is 2.56 bits per heavy atom. The molecule has 0 saturated carbocycles. The quantitative estimate of drug-likeness (QED) is 0.331. The summed E-state index contributed by atoms with van der Waals surface area (Å²) in [6.45, 7) is 3.33. The zero-order valence-corrected chi connectivity index (χ0v) is 17.7. The summed E-state index contributed by atoms with van der Waals surface area (Å²) in [6, 6.07) is 18.4. The number of nitrogens with one attached hydrogen (secondary N) is 1. The van der Waals surface area contributed by atoms with Crippen LogP contribution in [0, 0.1) is 0 Å². The molecule has 2 aromatic carbocycles. The average molecular weight is 479 g/mol. The van der Waals surface area contributed by atoms with E-state index in [1.807, 2.05) is 37.3 Å². The Labute approximate surface area is 177 Å². The third-order valence-corrected chi connectivity index (χ3v) is 4.63. The SMILES string of the molecule is CC[C@@H](CO)NC(=O)CCn1c[n+](Cc2ccccc2)c2ccccc21.[I-]. The summed E-state index contributed by atoms with van der Waals surface area (Å²) >= 11 is 0. The van der Waals surface area contributed by atoms with Gasteiger partial charge in [-0.2, -0.15) is 0 Å². The molecule has 0 saturated heterocycles. The number of carbonyl (C=O) groups is 1. The first-order valence-corrected chi connectivity index (χ1v) is 9.12. The molecule has 1 heterocycles. The number of aryl methyl sites for hydroxylation is 1. The minimum atomic E-state index is -0.160. The van der Waals surface area contributed by atoms with Crippen molar-refractivity contribution in [1.29, 1.82) is 0 Å². The molecule has 1 aromatic heterocycles. The number of hydrogen-bond donors (Lipinski definition) is 2. The standard InChI is InChI=1S/C21H25N3O2.HI/c1-2-18(15-25)22-21(26)12-13-23-16-24(14-17-8-4-3-5-9-17)20-11-7-6-10-19(20)23;/h3-11,16,18,25H,2,12-15H2,1H3;1H/t18-;/m0./s1. The Bertz CT molecular complexity index is 860. The summed E-state index contributed by atoms with van der Waals surface area (Å²) in [4.78, 5) is 12.1. The van der Waals surface area contributed by atoms with Gasteiger partial charge in [-0.05, 0) is 24.1 Å². The van der Waals surface area contributed by atoms with E-state index in [2.05, 4.69) is 45.0 Å². The molecule has 3 rings (SSSR count). The Morgan fingerprint density at radius 1 is 1.15 bits per heavy atom. The molecule has 27 heavy (non-hydrogen) atoms. The highest BCUT2D eigenvalue weighted by Gasteiger charge is 2.17. The van der Waals surface area contributed by atoms with Crippen molar-refractivity contribution in [1.82, 2.24) is 9.88 Å². The van der Waals surface area contributed by atoms with E-state index in [0.29, 0.717) is 13.0 Å². The lowest BCUT2D eigenvalue weighted by molar-refractivity contribution is -0.663. The van der Waals surface area contributed by atoms with Gasteiger partial charge in [-0.1, -0.05) is 49.4 Å². The summed E-state index contributed by atoms with van der Waals surface area (Å²) < 4.78 is 4.34. The van der Waals surface area contributed by atoms with Crippen LogP contribution in [0.1, 0.15) is 25.3 Å². The maximum atomic E-state index is 12.1. The Kier molecular flexibility index (Phi) is 8.24. The fraction of sp³-hybridized carbons (Fsp3) is 0.333. The molecule has 5 nitrogen and oxygen atoms in total. The summed E-state index contributed by atoms with van der Waals surface area (Å²) in [7, 11) is 0. The van der Waals surface area contributed by atoms with Gasteiger partial charge in [0.05, 0.1) is 25.6 Å². The average Bonchev–Trinajstić information content (AvgIpc) is 3.03. The van der Waals surface area contributed by atoms with Gasteiger partial charge in [-0.25, -0.2) is 9.13 Å². The molecular weight excluding hydrogens is 453 g/mol. The van der Waals surface area contributed by atoms with Crippen molar-refractivity contribution in [3.63, 3.8) is 0 Å². The largest absolute Gasteiger partial charge is 1.00 e. The third-order valence-electron chi connectivity index (χ3n) is 4.63. The highest BCUT2D eigenvalue weighted by molar-refractivity contribution is 5.76. The Morgan fingerprint density at radius 2 is 1.85 bits per heavy atom. The van der Waals surface area contributed by atoms with Crippen molar-refractivity contribution in [2.75, 3.05) is 6.61 Å². The summed E-state index contributed by atoms with van der Waals surface area (Å²) in [6.07, 6.45) is 3.20. The number of para-hydroxylation sites is 2. The normalized spacial score (nSPS) is 11.8. The number of aliphatic hydroxyl groups excluding tert-OH is 1. The van der Waals surface area contributed by atoms with Crippen molar-refractivity contribution >= 4 is 16.9 Å². The van der Waals surface area contributed by atoms with E-state index in [9.17, 15) is 9.90 Å². The number of aromatic nitrogens is 2. The van der Waals surface area contributed by atoms with Gasteiger partial charge in [0, 0.05) is 0 Å². The summed E-state index contributed by atoms with van der Waals surface area (Å²) in [5, 5.41) is 12.1. The van der Waals surface area contributed by atoms with E-state index in [1.54, 1.807) is 0 Å². The molecule has 0 aliphatic rings. The summed E-state index contributed by atoms with van der Waals surface area (Å²) in [5.41, 5.74) is 3.51. The van der Waals surface area contributed by atoms with E-state index >= 15 is 0 Å². The van der Waals surface area contributed by atoms with Crippen molar-refractivity contribution in [3.8, 4) is 0 Å². The Balaban J connectivity index is 0.00000261. The lowest BCUT2D eigenvalue weighted by atomic mass is 10.2. The van der Waals surface area contributed by atoms with Crippen molar-refractivity contribution in [2.45, 2.75) is 38.9 Å². The molecule has 0 aliphatic heterocycles. The second-order valence-electron chi connectivity index (χ2n) is 6.52. The zero-order chi connectivity index (χ0) is 18.4. The molecule has 0 fully saturated rings. The summed E-state index contributed by atoms with van der Waals surface area (Å²) in [5.74, 6) is -0.0294. The molecule has 0 spiro atoms. The lowest BCUT2D eigenvalue weighted by Crippen LogP contribution is -3.00.